The van der Waals surface area contributed by atoms with E-state index < -0.39 is 0 Å². The molecule has 3 nitrogen and oxygen atoms in total. The van der Waals surface area contributed by atoms with Gasteiger partial charge in [0.2, 0.25) is 0 Å². The predicted molar refractivity (Wildman–Crippen MR) is 71.2 cm³/mol. The fourth-order valence-electron chi connectivity index (χ4n) is 2.63. The Hall–Kier alpha value is -1.13. The Labute approximate surface area is 108 Å². The molecule has 0 bridgehead atoms. The highest BCUT2D eigenvalue weighted by molar-refractivity contribution is 5.56. The number of anilines is 1. The summed E-state index contributed by atoms with van der Waals surface area (Å²) in [7, 11) is 0. The molecule has 1 aliphatic rings. The number of nitrogens with two attached hydrogens (primary N) is 1. The van der Waals surface area contributed by atoms with Crippen molar-refractivity contribution < 1.29 is 9.13 Å². The molecule has 1 aromatic rings. The van der Waals surface area contributed by atoms with Crippen LogP contribution in [0, 0.1) is 5.82 Å². The molecule has 4 heteroatoms. The molecule has 0 aromatic heterocycles. The van der Waals surface area contributed by atoms with Gasteiger partial charge in [-0.3, -0.25) is 0 Å². The molecule has 2 rings (SSSR count). The normalized spacial score (nSPS) is 26.2. The maximum atomic E-state index is 13.9. The smallest absolute Gasteiger partial charge is 0.130 e. The van der Waals surface area contributed by atoms with Crippen LogP contribution in [0.1, 0.15) is 32.4 Å². The number of halogens is 1. The summed E-state index contributed by atoms with van der Waals surface area (Å²) in [6.45, 7) is 7.43. The number of rotatable bonds is 2. The van der Waals surface area contributed by atoms with Crippen LogP contribution in [0.15, 0.2) is 18.2 Å². The molecule has 0 radical (unpaired) electrons. The van der Waals surface area contributed by atoms with E-state index in [1.54, 1.807) is 6.07 Å². The van der Waals surface area contributed by atoms with Gasteiger partial charge in [-0.15, -0.1) is 0 Å². The maximum absolute atomic E-state index is 13.9. The Morgan fingerprint density at radius 2 is 1.94 bits per heavy atom. The van der Waals surface area contributed by atoms with Crippen molar-refractivity contribution in [3.63, 3.8) is 0 Å². The molecular weight excluding hydrogens is 231 g/mol. The first-order valence-electron chi connectivity index (χ1n) is 6.43. The van der Waals surface area contributed by atoms with Gasteiger partial charge in [-0.1, -0.05) is 6.07 Å². The Morgan fingerprint density at radius 1 is 1.33 bits per heavy atom. The average molecular weight is 252 g/mol. The van der Waals surface area contributed by atoms with Crippen molar-refractivity contribution in [2.45, 2.75) is 39.0 Å². The number of nitrogens with zero attached hydrogens (tertiary/aromatic N) is 1. The fraction of sp³-hybridized carbons (Fsp3) is 0.571. The monoisotopic (exact) mass is 252 g/mol. The van der Waals surface area contributed by atoms with E-state index in [0.717, 1.165) is 18.8 Å². The lowest BCUT2D eigenvalue weighted by atomic mass is 10.0. The Morgan fingerprint density at radius 3 is 2.50 bits per heavy atom. The lowest BCUT2D eigenvalue weighted by Crippen LogP contribution is -2.46. The summed E-state index contributed by atoms with van der Waals surface area (Å²) in [5, 5.41) is 0. The SMILES string of the molecule is C[C@@H]1CN(c2cccc(F)c2[C@H](C)N)C[C@H](C)O1. The minimum atomic E-state index is -0.311. The number of benzene rings is 1. The van der Waals surface area contributed by atoms with Gasteiger partial charge >= 0.3 is 0 Å². The van der Waals surface area contributed by atoms with Crippen molar-refractivity contribution in [3.8, 4) is 0 Å². The summed E-state index contributed by atoms with van der Waals surface area (Å²) in [6.07, 6.45) is 0.302. The molecule has 1 aliphatic heterocycles. The summed E-state index contributed by atoms with van der Waals surface area (Å²) < 4.78 is 19.6. The zero-order chi connectivity index (χ0) is 13.3. The minimum absolute atomic E-state index is 0.151. The molecule has 0 saturated carbocycles. The average Bonchev–Trinajstić information content (AvgIpc) is 2.26. The molecule has 1 saturated heterocycles. The summed E-state index contributed by atoms with van der Waals surface area (Å²) in [6, 6.07) is 4.83. The molecule has 0 aliphatic carbocycles. The summed E-state index contributed by atoms with van der Waals surface area (Å²) >= 11 is 0. The highest BCUT2D eigenvalue weighted by Gasteiger charge is 2.25. The zero-order valence-electron chi connectivity index (χ0n) is 11.2. The summed E-state index contributed by atoms with van der Waals surface area (Å²) in [5.74, 6) is -0.228. The van der Waals surface area contributed by atoms with Crippen LogP contribution in [0.3, 0.4) is 0 Å². The number of ether oxygens (including phenoxy) is 1. The minimum Gasteiger partial charge on any atom is -0.372 e. The van der Waals surface area contributed by atoms with Crippen molar-refractivity contribution in [2.24, 2.45) is 5.73 Å². The van der Waals surface area contributed by atoms with E-state index in [0.29, 0.717) is 5.56 Å². The van der Waals surface area contributed by atoms with Gasteiger partial charge in [0.25, 0.3) is 0 Å². The van der Waals surface area contributed by atoms with Crippen LogP contribution in [0.5, 0.6) is 0 Å². The van der Waals surface area contributed by atoms with Gasteiger partial charge in [0.15, 0.2) is 0 Å². The Balaban J connectivity index is 2.35. The highest BCUT2D eigenvalue weighted by atomic mass is 19.1. The van der Waals surface area contributed by atoms with E-state index in [1.807, 2.05) is 26.8 Å². The first kappa shape index (κ1) is 13.3. The quantitative estimate of drug-likeness (QED) is 0.878. The number of hydrogen-bond donors (Lipinski definition) is 1. The van der Waals surface area contributed by atoms with E-state index in [4.69, 9.17) is 10.5 Å². The molecular formula is C14H21FN2O. The first-order chi connectivity index (χ1) is 8.49. The lowest BCUT2D eigenvalue weighted by Gasteiger charge is -2.38. The van der Waals surface area contributed by atoms with Crippen LogP contribution in [-0.2, 0) is 4.74 Å². The van der Waals surface area contributed by atoms with Crippen molar-refractivity contribution in [2.75, 3.05) is 18.0 Å². The molecule has 1 heterocycles. The van der Waals surface area contributed by atoms with E-state index in [9.17, 15) is 4.39 Å². The summed E-state index contributed by atoms with van der Waals surface area (Å²) in [4.78, 5) is 2.17. The van der Waals surface area contributed by atoms with Crippen molar-refractivity contribution in [1.82, 2.24) is 0 Å². The largest absolute Gasteiger partial charge is 0.372 e. The summed E-state index contributed by atoms with van der Waals surface area (Å²) in [5.41, 5.74) is 7.38. The van der Waals surface area contributed by atoms with Crippen molar-refractivity contribution >= 4 is 5.69 Å². The predicted octanol–water partition coefficient (Wildman–Crippen LogP) is 2.46. The Bertz CT molecular complexity index is 412. The van der Waals surface area contributed by atoms with Crippen molar-refractivity contribution in [3.05, 3.63) is 29.6 Å². The molecule has 3 atom stereocenters. The van der Waals surface area contributed by atoms with Crippen LogP contribution in [0.4, 0.5) is 10.1 Å². The molecule has 100 valence electrons. The second-order valence-electron chi connectivity index (χ2n) is 5.12. The van der Waals surface area contributed by atoms with Gasteiger partial charge in [0, 0.05) is 30.4 Å². The van der Waals surface area contributed by atoms with Gasteiger partial charge in [0.1, 0.15) is 5.82 Å². The molecule has 1 aromatic carbocycles. The molecule has 2 N–H and O–H groups in total. The highest BCUT2D eigenvalue weighted by Crippen LogP contribution is 2.29. The molecule has 1 fully saturated rings. The van der Waals surface area contributed by atoms with Gasteiger partial charge in [-0.05, 0) is 32.9 Å². The standard InChI is InChI=1S/C14H21FN2O/c1-9-7-17(8-10(2)18-9)13-6-4-5-12(15)14(13)11(3)16/h4-6,9-11H,7-8,16H2,1-3H3/t9-,10+,11-/m0/s1. The lowest BCUT2D eigenvalue weighted by molar-refractivity contribution is -0.00529. The number of hydrogen-bond acceptors (Lipinski definition) is 3. The van der Waals surface area contributed by atoms with Crippen LogP contribution in [0.25, 0.3) is 0 Å². The topological polar surface area (TPSA) is 38.5 Å². The first-order valence-corrected chi connectivity index (χ1v) is 6.43. The Kier molecular flexibility index (Phi) is 3.88. The third kappa shape index (κ3) is 2.65. The number of morpholine rings is 1. The van der Waals surface area contributed by atoms with Gasteiger partial charge in [-0.2, -0.15) is 0 Å². The molecule has 0 amide bonds. The zero-order valence-corrected chi connectivity index (χ0v) is 11.2. The van der Waals surface area contributed by atoms with Crippen LogP contribution < -0.4 is 10.6 Å². The second kappa shape index (κ2) is 5.24. The maximum Gasteiger partial charge on any atom is 0.130 e. The van der Waals surface area contributed by atoms with E-state index in [-0.39, 0.29) is 24.1 Å². The fourth-order valence-corrected chi connectivity index (χ4v) is 2.63. The van der Waals surface area contributed by atoms with Gasteiger partial charge < -0.3 is 15.4 Å². The van der Waals surface area contributed by atoms with Crippen LogP contribution >= 0.6 is 0 Å². The second-order valence-corrected chi connectivity index (χ2v) is 5.12. The van der Waals surface area contributed by atoms with Crippen LogP contribution in [0.2, 0.25) is 0 Å². The van der Waals surface area contributed by atoms with Gasteiger partial charge in [0.05, 0.1) is 12.2 Å². The molecule has 0 unspecified atom stereocenters. The van der Waals surface area contributed by atoms with Gasteiger partial charge in [-0.25, -0.2) is 4.39 Å². The molecule has 0 spiro atoms. The van der Waals surface area contributed by atoms with E-state index in [1.165, 1.54) is 6.07 Å². The van der Waals surface area contributed by atoms with Crippen molar-refractivity contribution in [1.29, 1.82) is 0 Å². The van der Waals surface area contributed by atoms with E-state index in [2.05, 4.69) is 4.90 Å². The third-order valence-electron chi connectivity index (χ3n) is 3.25. The third-order valence-corrected chi connectivity index (χ3v) is 3.25. The van der Waals surface area contributed by atoms with E-state index >= 15 is 0 Å². The van der Waals surface area contributed by atoms with Crippen LogP contribution in [-0.4, -0.2) is 25.3 Å². The molecule has 18 heavy (non-hydrogen) atoms.